The number of carbonyl (C=O) groups is 1. The molecule has 4 aromatic heterocycles. The standard InChI is InChI=1S/C36H44N8O2/c1-36(2,3)46-35(45)41-31-23-25(11-18-38-31)24-42-19-12-27(13-20-42)32(26-9-10-26)43-21-14-28(15-22-43)44-33-30(8-6-17-39-33)40-34(44)29-7-4-5-16-37-29/h4-8,11,16-18,23,27-28H,9-10,12-15,19-22,24H2,1-3H3,(H,38,41,45). The normalized spacial score (nSPS) is 18.2. The van der Waals surface area contributed by atoms with E-state index in [-0.39, 0.29) is 0 Å². The van der Waals surface area contributed by atoms with E-state index in [1.165, 1.54) is 25.7 Å². The number of imidazole rings is 1. The van der Waals surface area contributed by atoms with Crippen LogP contribution in [0.5, 0.6) is 0 Å². The summed E-state index contributed by atoms with van der Waals surface area (Å²) in [5.74, 6) is 2.06. The van der Waals surface area contributed by atoms with Gasteiger partial charge in [-0.25, -0.2) is 19.7 Å². The maximum absolute atomic E-state index is 12.2. The molecule has 0 atom stereocenters. The second kappa shape index (κ2) is 12.8. The number of hydrogen-bond donors (Lipinski definition) is 1. The SMILES string of the molecule is CC(C)(C)OC(=O)Nc1cc(CN2CCC(C(=C3CC3)N3CCC(n4c(-c5ccccn5)nc5cccnc54)CC3)CC2)ccn1. The zero-order valence-corrected chi connectivity index (χ0v) is 27.2. The number of amides is 1. The molecule has 10 heteroatoms. The van der Waals surface area contributed by atoms with Gasteiger partial charge in [-0.2, -0.15) is 0 Å². The molecule has 2 saturated heterocycles. The fourth-order valence-corrected chi connectivity index (χ4v) is 7.08. The summed E-state index contributed by atoms with van der Waals surface area (Å²) in [6.45, 7) is 10.7. The number of carbonyl (C=O) groups excluding carboxylic acids is 1. The number of piperidine rings is 2. The lowest BCUT2D eigenvalue weighted by atomic mass is 9.90. The highest BCUT2D eigenvalue weighted by Crippen LogP contribution is 2.42. The van der Waals surface area contributed by atoms with Gasteiger partial charge in [-0.05, 0) is 114 Å². The van der Waals surface area contributed by atoms with E-state index >= 15 is 0 Å². The van der Waals surface area contributed by atoms with Gasteiger partial charge in [-0.15, -0.1) is 0 Å². The molecular weight excluding hydrogens is 576 g/mol. The van der Waals surface area contributed by atoms with Gasteiger partial charge in [-0.1, -0.05) is 11.6 Å². The van der Waals surface area contributed by atoms with Crippen molar-refractivity contribution < 1.29 is 9.53 Å². The van der Waals surface area contributed by atoms with Crippen LogP contribution in [0.25, 0.3) is 22.7 Å². The van der Waals surface area contributed by atoms with Crippen LogP contribution in [0.15, 0.2) is 72.3 Å². The van der Waals surface area contributed by atoms with E-state index in [1.807, 2.05) is 69.6 Å². The molecule has 1 N–H and O–H groups in total. The fraction of sp³-hybridized carbons (Fsp3) is 0.472. The summed E-state index contributed by atoms with van der Waals surface area (Å²) in [7, 11) is 0. The molecule has 0 spiro atoms. The first-order valence-electron chi connectivity index (χ1n) is 16.7. The van der Waals surface area contributed by atoms with Crippen LogP contribution in [-0.4, -0.2) is 72.2 Å². The topological polar surface area (TPSA) is 101 Å². The smallest absolute Gasteiger partial charge is 0.413 e. The highest BCUT2D eigenvalue weighted by molar-refractivity contribution is 5.83. The van der Waals surface area contributed by atoms with Crippen molar-refractivity contribution in [2.24, 2.45) is 5.92 Å². The Morgan fingerprint density at radius 3 is 2.41 bits per heavy atom. The maximum atomic E-state index is 12.2. The number of likely N-dealkylation sites (tertiary alicyclic amines) is 2. The van der Waals surface area contributed by atoms with Gasteiger partial charge >= 0.3 is 6.09 Å². The van der Waals surface area contributed by atoms with Gasteiger partial charge in [0.05, 0.1) is 0 Å². The molecule has 0 bridgehead atoms. The summed E-state index contributed by atoms with van der Waals surface area (Å²) in [5.41, 5.74) is 6.70. The lowest BCUT2D eigenvalue weighted by Gasteiger charge is -2.41. The lowest BCUT2D eigenvalue weighted by molar-refractivity contribution is 0.0635. The molecule has 1 amide bonds. The number of fused-ring (bicyclic) bond motifs is 1. The number of rotatable bonds is 7. The van der Waals surface area contributed by atoms with Crippen LogP contribution < -0.4 is 5.32 Å². The first-order chi connectivity index (χ1) is 22.3. The van der Waals surface area contributed by atoms with Crippen molar-refractivity contribution in [1.29, 1.82) is 0 Å². The van der Waals surface area contributed by atoms with Crippen molar-refractivity contribution in [3.8, 4) is 11.5 Å². The van der Waals surface area contributed by atoms with Gasteiger partial charge in [0.2, 0.25) is 0 Å². The van der Waals surface area contributed by atoms with Crippen molar-refractivity contribution in [1.82, 2.24) is 34.3 Å². The van der Waals surface area contributed by atoms with Gasteiger partial charge < -0.3 is 14.2 Å². The number of nitrogens with zero attached hydrogens (tertiary/aromatic N) is 7. The predicted octanol–water partition coefficient (Wildman–Crippen LogP) is 6.83. The Morgan fingerprint density at radius 2 is 1.70 bits per heavy atom. The third kappa shape index (κ3) is 6.92. The van der Waals surface area contributed by atoms with Crippen LogP contribution in [0, 0.1) is 5.92 Å². The Bertz CT molecular complexity index is 1700. The van der Waals surface area contributed by atoms with Crippen LogP contribution in [-0.2, 0) is 11.3 Å². The van der Waals surface area contributed by atoms with E-state index < -0.39 is 11.7 Å². The number of aromatic nitrogens is 5. The fourth-order valence-electron chi connectivity index (χ4n) is 7.08. The van der Waals surface area contributed by atoms with E-state index in [2.05, 4.69) is 35.7 Å². The second-order valence-corrected chi connectivity index (χ2v) is 13.8. The lowest BCUT2D eigenvalue weighted by Crippen LogP contribution is -2.40. The van der Waals surface area contributed by atoms with Crippen molar-refractivity contribution in [3.05, 3.63) is 77.9 Å². The summed E-state index contributed by atoms with van der Waals surface area (Å²) in [6.07, 6.45) is 12.0. The molecule has 0 aromatic carbocycles. The quantitative estimate of drug-likeness (QED) is 0.240. The molecule has 10 nitrogen and oxygen atoms in total. The Kier molecular flexibility index (Phi) is 8.46. The van der Waals surface area contributed by atoms with E-state index in [9.17, 15) is 4.79 Å². The number of anilines is 1. The minimum Gasteiger partial charge on any atom is -0.444 e. The highest BCUT2D eigenvalue weighted by atomic mass is 16.6. The number of ether oxygens (including phenoxy) is 1. The van der Waals surface area contributed by atoms with E-state index in [0.29, 0.717) is 17.8 Å². The zero-order valence-electron chi connectivity index (χ0n) is 27.2. The van der Waals surface area contributed by atoms with E-state index in [1.54, 1.807) is 17.5 Å². The number of nitrogens with one attached hydrogen (secondary N) is 1. The Balaban J connectivity index is 0.976. The maximum Gasteiger partial charge on any atom is 0.413 e. The molecular formula is C36H44N8O2. The van der Waals surface area contributed by atoms with Gasteiger partial charge in [0.25, 0.3) is 0 Å². The van der Waals surface area contributed by atoms with Crippen LogP contribution in [0.3, 0.4) is 0 Å². The minimum absolute atomic E-state index is 0.343. The Labute approximate surface area is 270 Å². The van der Waals surface area contributed by atoms with Crippen LogP contribution in [0.4, 0.5) is 10.6 Å². The summed E-state index contributed by atoms with van der Waals surface area (Å²) < 4.78 is 7.74. The number of pyridine rings is 3. The molecule has 3 fully saturated rings. The molecule has 240 valence electrons. The summed E-state index contributed by atoms with van der Waals surface area (Å²) in [6, 6.07) is 14.4. The number of allylic oxidation sites excluding steroid dienone is 2. The van der Waals surface area contributed by atoms with Crippen molar-refractivity contribution >= 4 is 23.1 Å². The average molecular weight is 621 g/mol. The second-order valence-electron chi connectivity index (χ2n) is 13.8. The molecule has 1 aliphatic carbocycles. The summed E-state index contributed by atoms with van der Waals surface area (Å²) in [5, 5.41) is 2.77. The van der Waals surface area contributed by atoms with Crippen LogP contribution in [0.2, 0.25) is 0 Å². The molecule has 0 radical (unpaired) electrons. The third-order valence-electron chi connectivity index (χ3n) is 9.21. The van der Waals surface area contributed by atoms with E-state index in [0.717, 1.165) is 73.8 Å². The third-order valence-corrected chi connectivity index (χ3v) is 9.21. The molecule has 0 unspecified atom stereocenters. The first-order valence-corrected chi connectivity index (χ1v) is 16.7. The number of hydrogen-bond acceptors (Lipinski definition) is 8. The van der Waals surface area contributed by atoms with Gasteiger partial charge in [0.1, 0.15) is 22.6 Å². The molecule has 3 aliphatic rings. The van der Waals surface area contributed by atoms with Gasteiger partial charge in [0.15, 0.2) is 11.5 Å². The molecule has 6 heterocycles. The van der Waals surface area contributed by atoms with Crippen LogP contribution in [0.1, 0.15) is 70.9 Å². The predicted molar refractivity (Wildman–Crippen MR) is 179 cm³/mol. The van der Waals surface area contributed by atoms with Gasteiger partial charge in [0, 0.05) is 55.9 Å². The van der Waals surface area contributed by atoms with Gasteiger partial charge in [-0.3, -0.25) is 15.2 Å². The Morgan fingerprint density at radius 1 is 0.913 bits per heavy atom. The highest BCUT2D eigenvalue weighted by Gasteiger charge is 2.34. The average Bonchev–Trinajstić information content (AvgIpc) is 3.80. The first kappa shape index (κ1) is 30.3. The van der Waals surface area contributed by atoms with E-state index in [4.69, 9.17) is 14.7 Å². The Hall–Kier alpha value is -4.31. The largest absolute Gasteiger partial charge is 0.444 e. The molecule has 4 aromatic rings. The zero-order chi connectivity index (χ0) is 31.7. The van der Waals surface area contributed by atoms with Crippen molar-refractivity contribution in [2.45, 2.75) is 77.5 Å². The molecule has 46 heavy (non-hydrogen) atoms. The minimum atomic E-state index is -0.549. The van der Waals surface area contributed by atoms with Crippen LogP contribution >= 0.6 is 0 Å². The van der Waals surface area contributed by atoms with Crippen molar-refractivity contribution in [2.75, 3.05) is 31.5 Å². The van der Waals surface area contributed by atoms with Crippen molar-refractivity contribution in [3.63, 3.8) is 0 Å². The molecule has 2 aliphatic heterocycles. The molecule has 7 rings (SSSR count). The monoisotopic (exact) mass is 620 g/mol. The summed E-state index contributed by atoms with van der Waals surface area (Å²) in [4.78, 5) is 36.1. The molecule has 1 saturated carbocycles. The summed E-state index contributed by atoms with van der Waals surface area (Å²) >= 11 is 0.